The highest BCUT2D eigenvalue weighted by Crippen LogP contribution is 2.36. The lowest BCUT2D eigenvalue weighted by atomic mass is 10.1. The number of hydrogen-bond donors (Lipinski definition) is 2. The fourth-order valence-corrected chi connectivity index (χ4v) is 5.02. The molecule has 3 aliphatic heterocycles. The maximum Gasteiger partial charge on any atom is 0.412 e. The molecule has 1 amide bonds. The maximum absolute atomic E-state index is 12.6. The number of anilines is 2. The normalized spacial score (nSPS) is 22.1. The highest BCUT2D eigenvalue weighted by atomic mass is 16.7. The van der Waals surface area contributed by atoms with E-state index in [4.69, 9.17) is 28.4 Å². The van der Waals surface area contributed by atoms with E-state index in [0.717, 1.165) is 17.0 Å². The number of carbonyl (C=O) groups excluding carboxylic acids is 1. The van der Waals surface area contributed by atoms with Crippen molar-refractivity contribution in [1.82, 2.24) is 9.97 Å². The van der Waals surface area contributed by atoms with Gasteiger partial charge in [-0.3, -0.25) is 5.32 Å². The van der Waals surface area contributed by atoms with Crippen LogP contribution in [0.2, 0.25) is 0 Å². The summed E-state index contributed by atoms with van der Waals surface area (Å²) >= 11 is 0. The second kappa shape index (κ2) is 11.0. The minimum Gasteiger partial charge on any atom is -0.457 e. The van der Waals surface area contributed by atoms with Crippen molar-refractivity contribution in [2.24, 2.45) is 0 Å². The number of nitrogens with one attached hydrogen (secondary N) is 2. The van der Waals surface area contributed by atoms with Gasteiger partial charge in [0.1, 0.15) is 23.7 Å². The fourth-order valence-electron chi connectivity index (χ4n) is 5.02. The molecule has 2 fully saturated rings. The van der Waals surface area contributed by atoms with Gasteiger partial charge in [-0.05, 0) is 60.7 Å². The van der Waals surface area contributed by atoms with Gasteiger partial charge in [-0.25, -0.2) is 14.8 Å². The molecule has 2 saturated heterocycles. The van der Waals surface area contributed by atoms with Crippen molar-refractivity contribution in [1.29, 1.82) is 0 Å². The minimum absolute atomic E-state index is 0.208. The first kappa shape index (κ1) is 25.1. The van der Waals surface area contributed by atoms with Gasteiger partial charge in [0.15, 0.2) is 17.6 Å². The van der Waals surface area contributed by atoms with Crippen LogP contribution in [0.1, 0.15) is 0 Å². The zero-order valence-electron chi connectivity index (χ0n) is 21.8. The van der Waals surface area contributed by atoms with E-state index in [1.54, 1.807) is 30.5 Å². The van der Waals surface area contributed by atoms with E-state index in [9.17, 15) is 4.79 Å². The molecule has 0 aliphatic carbocycles. The number of hydrogen-bond acceptors (Lipinski definition) is 10. The predicted molar refractivity (Wildman–Crippen MR) is 147 cm³/mol. The summed E-state index contributed by atoms with van der Waals surface area (Å²) in [6.45, 7) is 0.796. The molecule has 3 aromatic carbocycles. The van der Waals surface area contributed by atoms with Crippen molar-refractivity contribution < 1.29 is 33.2 Å². The number of benzene rings is 3. The van der Waals surface area contributed by atoms with Crippen LogP contribution in [0.5, 0.6) is 23.0 Å². The van der Waals surface area contributed by atoms with E-state index in [1.165, 1.54) is 0 Å². The van der Waals surface area contributed by atoms with Gasteiger partial charge in [0, 0.05) is 17.4 Å². The molecule has 208 valence electrons. The molecule has 0 unspecified atom stereocenters. The average molecular weight is 555 g/mol. The smallest absolute Gasteiger partial charge is 0.412 e. The molecule has 7 rings (SSSR count). The summed E-state index contributed by atoms with van der Waals surface area (Å²) in [6, 6.07) is 23.8. The van der Waals surface area contributed by atoms with Crippen molar-refractivity contribution in [3.8, 4) is 34.3 Å². The first-order chi connectivity index (χ1) is 20.2. The summed E-state index contributed by atoms with van der Waals surface area (Å²) in [5, 5.41) is 6.06. The Morgan fingerprint density at radius 1 is 0.854 bits per heavy atom. The summed E-state index contributed by atoms with van der Waals surface area (Å²) in [6.07, 6.45) is -0.171. The molecule has 3 aliphatic rings. The lowest BCUT2D eigenvalue weighted by molar-refractivity contribution is 0.00916. The molecule has 0 radical (unpaired) electrons. The lowest BCUT2D eigenvalue weighted by Gasteiger charge is -2.18. The zero-order valence-corrected chi connectivity index (χ0v) is 21.8. The number of para-hydroxylation sites is 1. The first-order valence-electron chi connectivity index (χ1n) is 13.2. The molecular weight excluding hydrogens is 528 g/mol. The SMILES string of the molecule is O=C(Nc1ccc(Oc2ccccc2)cc1)O[C@@H]1CO[C@H]2[C@@H]1OC[C@@H]2Nc1nccc(-c2ccc3c(c2)OCO3)n1. The summed E-state index contributed by atoms with van der Waals surface area (Å²) in [5.74, 6) is 3.23. The third-order valence-electron chi connectivity index (χ3n) is 6.98. The van der Waals surface area contributed by atoms with Gasteiger partial charge in [-0.2, -0.15) is 0 Å². The standard InChI is InChI=1S/C30H26N4O7/c35-30(32-19-7-9-21(10-8-19)40-20-4-2-1-3-5-20)41-26-16-37-27-23(15-36-28(26)27)34-29-31-13-12-22(33-29)18-6-11-24-25(14-18)39-17-38-24/h1-14,23,26-28H,15-17H2,(H,32,35)(H,31,33,34)/t23-,26+,27+,28+/m0/s1. The first-order valence-corrected chi connectivity index (χ1v) is 13.2. The van der Waals surface area contributed by atoms with E-state index in [0.29, 0.717) is 35.5 Å². The van der Waals surface area contributed by atoms with Crippen molar-refractivity contribution in [3.63, 3.8) is 0 Å². The highest BCUT2D eigenvalue weighted by Gasteiger charge is 2.49. The number of nitrogens with zero attached hydrogens (tertiary/aromatic N) is 2. The molecule has 1 aromatic heterocycles. The molecule has 4 atom stereocenters. The van der Waals surface area contributed by atoms with E-state index in [2.05, 4.69) is 20.6 Å². The van der Waals surface area contributed by atoms with E-state index in [-0.39, 0.29) is 25.5 Å². The summed E-state index contributed by atoms with van der Waals surface area (Å²) < 4.78 is 34.3. The Morgan fingerprint density at radius 3 is 2.54 bits per heavy atom. The van der Waals surface area contributed by atoms with Gasteiger partial charge in [0.25, 0.3) is 0 Å². The summed E-state index contributed by atoms with van der Waals surface area (Å²) in [5.41, 5.74) is 2.20. The number of rotatable bonds is 7. The second-order valence-electron chi connectivity index (χ2n) is 9.69. The molecule has 0 saturated carbocycles. The second-order valence-corrected chi connectivity index (χ2v) is 9.69. The van der Waals surface area contributed by atoms with Gasteiger partial charge >= 0.3 is 6.09 Å². The Bertz CT molecular complexity index is 1540. The van der Waals surface area contributed by atoms with Crippen LogP contribution in [0.4, 0.5) is 16.4 Å². The fraction of sp³-hybridized carbons (Fsp3) is 0.233. The van der Waals surface area contributed by atoms with Crippen molar-refractivity contribution >= 4 is 17.7 Å². The van der Waals surface area contributed by atoms with E-state index < -0.39 is 18.3 Å². The molecule has 0 spiro atoms. The predicted octanol–water partition coefficient (Wildman–Crippen LogP) is 4.86. The Kier molecular flexibility index (Phi) is 6.71. The zero-order chi connectivity index (χ0) is 27.6. The van der Waals surface area contributed by atoms with Crippen LogP contribution in [0.25, 0.3) is 11.3 Å². The Hall–Kier alpha value is -4.87. The summed E-state index contributed by atoms with van der Waals surface area (Å²) in [4.78, 5) is 21.6. The minimum atomic E-state index is -0.587. The third-order valence-corrected chi connectivity index (χ3v) is 6.98. The largest absolute Gasteiger partial charge is 0.457 e. The van der Waals surface area contributed by atoms with E-state index in [1.807, 2.05) is 54.6 Å². The maximum atomic E-state index is 12.6. The third kappa shape index (κ3) is 5.45. The lowest BCUT2D eigenvalue weighted by Crippen LogP contribution is -2.38. The Morgan fingerprint density at radius 2 is 1.66 bits per heavy atom. The number of amides is 1. The van der Waals surface area contributed by atoms with Crippen LogP contribution in [-0.4, -0.2) is 60.4 Å². The quantitative estimate of drug-likeness (QED) is 0.327. The van der Waals surface area contributed by atoms with Gasteiger partial charge in [-0.1, -0.05) is 18.2 Å². The molecule has 2 N–H and O–H groups in total. The topological polar surface area (TPSA) is 122 Å². The highest BCUT2D eigenvalue weighted by molar-refractivity contribution is 5.84. The Balaban J connectivity index is 0.933. The molecular formula is C30H26N4O7. The molecule has 4 heterocycles. The van der Waals surface area contributed by atoms with Crippen LogP contribution in [-0.2, 0) is 14.2 Å². The van der Waals surface area contributed by atoms with Gasteiger partial charge < -0.3 is 33.7 Å². The molecule has 11 heteroatoms. The average Bonchev–Trinajstić information content (AvgIpc) is 3.73. The monoisotopic (exact) mass is 554 g/mol. The number of ether oxygens (including phenoxy) is 6. The van der Waals surface area contributed by atoms with Crippen molar-refractivity contribution in [2.75, 3.05) is 30.6 Å². The molecule has 0 bridgehead atoms. The van der Waals surface area contributed by atoms with Gasteiger partial charge in [0.2, 0.25) is 12.7 Å². The number of carbonyl (C=O) groups is 1. The van der Waals surface area contributed by atoms with Gasteiger partial charge in [0.05, 0.1) is 24.9 Å². The van der Waals surface area contributed by atoms with Crippen LogP contribution >= 0.6 is 0 Å². The number of aromatic nitrogens is 2. The van der Waals surface area contributed by atoms with Crippen LogP contribution in [0, 0.1) is 0 Å². The van der Waals surface area contributed by atoms with Crippen LogP contribution in [0.15, 0.2) is 85.1 Å². The van der Waals surface area contributed by atoms with Gasteiger partial charge in [-0.15, -0.1) is 0 Å². The van der Waals surface area contributed by atoms with Crippen molar-refractivity contribution in [2.45, 2.75) is 24.4 Å². The number of fused-ring (bicyclic) bond motifs is 2. The molecule has 4 aromatic rings. The Labute approximate surface area is 235 Å². The van der Waals surface area contributed by atoms with Crippen molar-refractivity contribution in [3.05, 3.63) is 85.1 Å². The van der Waals surface area contributed by atoms with E-state index >= 15 is 0 Å². The molecule has 41 heavy (non-hydrogen) atoms. The van der Waals surface area contributed by atoms with Crippen LogP contribution < -0.4 is 24.8 Å². The van der Waals surface area contributed by atoms with Crippen LogP contribution in [0.3, 0.4) is 0 Å². The molecule has 11 nitrogen and oxygen atoms in total. The summed E-state index contributed by atoms with van der Waals surface area (Å²) in [7, 11) is 0.